The van der Waals surface area contributed by atoms with E-state index in [1.165, 1.54) is 0 Å². The molecule has 0 unspecified atom stereocenters. The number of carbonyl (C=O) groups is 2. The largest absolute Gasteiger partial charge is 0.444 e. The Morgan fingerprint density at radius 2 is 1.28 bits per heavy atom. The number of carbonyl (C=O) groups excluding carboxylic acids is 2. The molecule has 2 amide bonds. The van der Waals surface area contributed by atoms with E-state index in [2.05, 4.69) is 34.4 Å². The fraction of sp³-hybridized carbons (Fsp3) is 0.571. The first kappa shape index (κ1) is 24.3. The number of hydrogen-bond acceptors (Lipinski definition) is 6. The number of hydrogen-bond donors (Lipinski definition) is 2. The summed E-state index contributed by atoms with van der Waals surface area (Å²) in [7, 11) is 0. The smallest absolute Gasteiger partial charge is 0.414 e. The van der Waals surface area contributed by atoms with Crippen molar-refractivity contribution >= 4 is 29.5 Å². The van der Waals surface area contributed by atoms with Crippen molar-refractivity contribution in [1.82, 2.24) is 10.6 Å². The molecule has 2 N–H and O–H groups in total. The van der Waals surface area contributed by atoms with Crippen molar-refractivity contribution in [3.8, 4) is 0 Å². The van der Waals surface area contributed by atoms with Crippen molar-refractivity contribution in [2.75, 3.05) is 18.0 Å². The fourth-order valence-electron chi connectivity index (χ4n) is 2.34. The molecule has 29 heavy (non-hydrogen) atoms. The lowest BCUT2D eigenvalue weighted by Gasteiger charge is -2.22. The van der Waals surface area contributed by atoms with Crippen molar-refractivity contribution in [3.05, 3.63) is 24.3 Å². The molecular formula is C21H34N4O4. The van der Waals surface area contributed by atoms with Crippen molar-refractivity contribution in [3.63, 3.8) is 0 Å². The average Bonchev–Trinajstić information content (AvgIpc) is 2.53. The van der Waals surface area contributed by atoms with Crippen LogP contribution in [0.3, 0.4) is 0 Å². The maximum Gasteiger partial charge on any atom is 0.414 e. The highest BCUT2D eigenvalue weighted by Gasteiger charge is 2.21. The lowest BCUT2D eigenvalue weighted by atomic mass is 10.2. The fourth-order valence-corrected chi connectivity index (χ4v) is 2.34. The zero-order valence-corrected chi connectivity index (χ0v) is 18.8. The van der Waals surface area contributed by atoms with Crippen molar-refractivity contribution in [2.45, 2.75) is 66.6 Å². The number of anilines is 1. The summed E-state index contributed by atoms with van der Waals surface area (Å²) in [4.78, 5) is 30.8. The second-order valence-electron chi connectivity index (χ2n) is 8.40. The number of nitrogens with zero attached hydrogens (tertiary/aromatic N) is 2. The van der Waals surface area contributed by atoms with Crippen LogP contribution in [0.1, 0.15) is 55.4 Å². The third-order valence-electron chi connectivity index (χ3n) is 3.46. The molecule has 0 saturated heterocycles. The van der Waals surface area contributed by atoms with Gasteiger partial charge in [-0.3, -0.25) is 10.6 Å². The van der Waals surface area contributed by atoms with E-state index >= 15 is 0 Å². The van der Waals surface area contributed by atoms with Gasteiger partial charge in [-0.2, -0.15) is 0 Å². The van der Waals surface area contributed by atoms with Crippen LogP contribution in [-0.4, -0.2) is 42.4 Å². The third kappa shape index (κ3) is 9.82. The summed E-state index contributed by atoms with van der Waals surface area (Å²) in [5.41, 5.74) is 0.248. The molecule has 1 aromatic carbocycles. The lowest BCUT2D eigenvalue weighted by molar-refractivity contribution is 0.0545. The second-order valence-corrected chi connectivity index (χ2v) is 8.40. The third-order valence-corrected chi connectivity index (χ3v) is 3.46. The van der Waals surface area contributed by atoms with Crippen LogP contribution in [0.25, 0.3) is 0 Å². The highest BCUT2D eigenvalue weighted by Crippen LogP contribution is 2.19. The second kappa shape index (κ2) is 10.1. The maximum atomic E-state index is 12.1. The van der Waals surface area contributed by atoms with Crippen LogP contribution in [0.5, 0.6) is 0 Å². The van der Waals surface area contributed by atoms with E-state index in [1.807, 2.05) is 12.1 Å². The Balaban J connectivity index is 3.05. The number of amides is 2. The van der Waals surface area contributed by atoms with Gasteiger partial charge in [0.05, 0.1) is 5.69 Å². The first-order chi connectivity index (χ1) is 13.3. The van der Waals surface area contributed by atoms with Crippen LogP contribution in [0.2, 0.25) is 0 Å². The Bertz CT molecular complexity index is 680. The summed E-state index contributed by atoms with van der Waals surface area (Å²) in [6.45, 7) is 16.4. The molecule has 0 aliphatic rings. The van der Waals surface area contributed by atoms with E-state index in [1.54, 1.807) is 53.7 Å². The summed E-state index contributed by atoms with van der Waals surface area (Å²) in [5, 5.41) is 4.93. The van der Waals surface area contributed by atoms with Crippen LogP contribution in [0.15, 0.2) is 29.3 Å². The molecular weight excluding hydrogens is 372 g/mol. The van der Waals surface area contributed by atoms with Gasteiger partial charge in [-0.25, -0.2) is 14.6 Å². The molecule has 8 heteroatoms. The topological polar surface area (TPSA) is 92.3 Å². The number of aliphatic imine (C=N–C) groups is 1. The van der Waals surface area contributed by atoms with Gasteiger partial charge in [0.2, 0.25) is 5.96 Å². The Kier molecular flexibility index (Phi) is 8.48. The van der Waals surface area contributed by atoms with Crippen LogP contribution in [-0.2, 0) is 9.47 Å². The molecule has 1 aromatic rings. The SMILES string of the molecule is CCN(CC)c1ccc(N=C(NC(=O)OC(C)(C)C)NC(=O)OC(C)(C)C)cc1. The highest BCUT2D eigenvalue weighted by atomic mass is 16.6. The molecule has 0 aromatic heterocycles. The van der Waals surface area contributed by atoms with Gasteiger partial charge in [0.25, 0.3) is 0 Å². The van der Waals surface area contributed by atoms with E-state index in [0.29, 0.717) is 5.69 Å². The van der Waals surface area contributed by atoms with Crippen LogP contribution >= 0.6 is 0 Å². The molecule has 0 bridgehead atoms. The predicted octanol–water partition coefficient (Wildman–Crippen LogP) is 4.57. The van der Waals surface area contributed by atoms with Crippen molar-refractivity contribution in [2.24, 2.45) is 4.99 Å². The summed E-state index contributed by atoms with van der Waals surface area (Å²) in [6, 6.07) is 7.48. The zero-order chi connectivity index (χ0) is 22.2. The van der Waals surface area contributed by atoms with Gasteiger partial charge in [-0.1, -0.05) is 0 Å². The number of rotatable bonds is 4. The molecule has 0 aliphatic heterocycles. The Hall–Kier alpha value is -2.77. The van der Waals surface area contributed by atoms with Gasteiger partial charge in [-0.05, 0) is 79.7 Å². The molecule has 0 aliphatic carbocycles. The van der Waals surface area contributed by atoms with E-state index in [-0.39, 0.29) is 5.96 Å². The minimum Gasteiger partial charge on any atom is -0.444 e. The van der Waals surface area contributed by atoms with E-state index < -0.39 is 23.4 Å². The molecule has 0 fully saturated rings. The number of nitrogens with one attached hydrogen (secondary N) is 2. The van der Waals surface area contributed by atoms with Gasteiger partial charge in [0.1, 0.15) is 11.2 Å². The van der Waals surface area contributed by atoms with Crippen LogP contribution < -0.4 is 15.5 Å². The summed E-state index contributed by atoms with van der Waals surface area (Å²) in [6.07, 6.45) is -1.46. The van der Waals surface area contributed by atoms with Crippen LogP contribution in [0.4, 0.5) is 21.0 Å². The van der Waals surface area contributed by atoms with E-state index in [0.717, 1.165) is 18.8 Å². The first-order valence-electron chi connectivity index (χ1n) is 9.76. The van der Waals surface area contributed by atoms with Crippen LogP contribution in [0, 0.1) is 0 Å². The lowest BCUT2D eigenvalue weighted by Crippen LogP contribution is -2.47. The molecule has 0 atom stereocenters. The standard InChI is InChI=1S/C21H34N4O4/c1-9-25(10-2)16-13-11-15(12-14-16)22-17(23-18(26)28-20(3,4)5)24-19(27)29-21(6,7)8/h11-14H,9-10H2,1-8H3,(H2,22,23,24,26,27). The monoisotopic (exact) mass is 406 g/mol. The molecule has 0 heterocycles. The number of alkyl carbamates (subject to hydrolysis) is 2. The minimum atomic E-state index is -0.730. The number of benzene rings is 1. The number of guanidine groups is 1. The molecule has 8 nitrogen and oxygen atoms in total. The Labute approximate surface area is 173 Å². The quantitative estimate of drug-likeness (QED) is 0.564. The molecule has 0 radical (unpaired) electrons. The summed E-state index contributed by atoms with van der Waals surface area (Å²) in [5.74, 6) is -0.0795. The molecule has 0 saturated carbocycles. The van der Waals surface area contributed by atoms with Gasteiger partial charge >= 0.3 is 12.2 Å². The molecule has 0 spiro atoms. The number of ether oxygens (including phenoxy) is 2. The summed E-state index contributed by atoms with van der Waals surface area (Å²) < 4.78 is 10.5. The summed E-state index contributed by atoms with van der Waals surface area (Å²) >= 11 is 0. The van der Waals surface area contributed by atoms with Gasteiger partial charge in [-0.15, -0.1) is 0 Å². The van der Waals surface area contributed by atoms with Gasteiger partial charge in [0.15, 0.2) is 0 Å². The Morgan fingerprint density at radius 1 is 0.862 bits per heavy atom. The molecule has 1 rings (SSSR count). The predicted molar refractivity (Wildman–Crippen MR) is 116 cm³/mol. The average molecular weight is 407 g/mol. The van der Waals surface area contributed by atoms with E-state index in [4.69, 9.17) is 9.47 Å². The molecule has 162 valence electrons. The van der Waals surface area contributed by atoms with Gasteiger partial charge in [0, 0.05) is 18.8 Å². The normalized spacial score (nSPS) is 11.3. The van der Waals surface area contributed by atoms with Gasteiger partial charge < -0.3 is 14.4 Å². The minimum absolute atomic E-state index is 0.0795. The first-order valence-corrected chi connectivity index (χ1v) is 9.76. The highest BCUT2D eigenvalue weighted by molar-refractivity contribution is 6.02. The Morgan fingerprint density at radius 3 is 1.62 bits per heavy atom. The zero-order valence-electron chi connectivity index (χ0n) is 18.8. The maximum absolute atomic E-state index is 12.1. The van der Waals surface area contributed by atoms with Crippen molar-refractivity contribution in [1.29, 1.82) is 0 Å². The van der Waals surface area contributed by atoms with Crippen molar-refractivity contribution < 1.29 is 19.1 Å². The van der Waals surface area contributed by atoms with E-state index in [9.17, 15) is 9.59 Å².